The molecule has 2 fully saturated rings. The van der Waals surface area contributed by atoms with E-state index in [1.165, 1.54) is 25.9 Å². The summed E-state index contributed by atoms with van der Waals surface area (Å²) in [7, 11) is 2.18. The highest BCUT2D eigenvalue weighted by molar-refractivity contribution is 5.76. The van der Waals surface area contributed by atoms with Gasteiger partial charge in [0.15, 0.2) is 0 Å². The third-order valence-corrected chi connectivity index (χ3v) is 3.46. The van der Waals surface area contributed by atoms with Crippen molar-refractivity contribution in [2.45, 2.75) is 37.8 Å². The van der Waals surface area contributed by atoms with Crippen molar-refractivity contribution in [3.63, 3.8) is 0 Å². The number of likely N-dealkylation sites (tertiary alicyclic amines) is 1. The molecule has 2 saturated heterocycles. The molecular formula is C11H21N3O. The van der Waals surface area contributed by atoms with Crippen LogP contribution in [0.2, 0.25) is 0 Å². The second kappa shape index (κ2) is 4.94. The van der Waals surface area contributed by atoms with Crippen LogP contribution in [0, 0.1) is 0 Å². The summed E-state index contributed by atoms with van der Waals surface area (Å²) in [5.74, 6) is 0.205. The zero-order valence-corrected chi connectivity index (χ0v) is 9.46. The molecule has 0 saturated carbocycles. The topological polar surface area (TPSA) is 44.4 Å². The number of rotatable bonds is 2. The van der Waals surface area contributed by atoms with Crippen LogP contribution >= 0.6 is 0 Å². The van der Waals surface area contributed by atoms with Crippen LogP contribution in [0.25, 0.3) is 0 Å². The Morgan fingerprint density at radius 1 is 1.27 bits per heavy atom. The number of amides is 1. The molecule has 0 radical (unpaired) electrons. The van der Waals surface area contributed by atoms with Crippen LogP contribution in [0.1, 0.15) is 25.7 Å². The van der Waals surface area contributed by atoms with Gasteiger partial charge >= 0.3 is 0 Å². The molecule has 4 heteroatoms. The number of hydrogen-bond acceptors (Lipinski definition) is 3. The van der Waals surface area contributed by atoms with Crippen molar-refractivity contribution < 1.29 is 4.79 Å². The van der Waals surface area contributed by atoms with Crippen molar-refractivity contribution in [1.82, 2.24) is 15.5 Å². The van der Waals surface area contributed by atoms with E-state index in [2.05, 4.69) is 22.6 Å². The fourth-order valence-corrected chi connectivity index (χ4v) is 2.38. The summed E-state index contributed by atoms with van der Waals surface area (Å²) >= 11 is 0. The molecule has 2 aliphatic rings. The molecule has 0 aliphatic carbocycles. The van der Waals surface area contributed by atoms with Gasteiger partial charge in [0.25, 0.3) is 0 Å². The highest BCUT2D eigenvalue weighted by atomic mass is 16.1. The van der Waals surface area contributed by atoms with Gasteiger partial charge in [-0.3, -0.25) is 4.79 Å². The summed E-state index contributed by atoms with van der Waals surface area (Å²) in [5.41, 5.74) is 0. The molecule has 1 atom stereocenters. The molecule has 4 nitrogen and oxygen atoms in total. The summed E-state index contributed by atoms with van der Waals surface area (Å²) in [4.78, 5) is 13.4. The van der Waals surface area contributed by atoms with Gasteiger partial charge in [-0.25, -0.2) is 0 Å². The summed E-state index contributed by atoms with van der Waals surface area (Å²) in [6.45, 7) is 3.19. The minimum atomic E-state index is 0.205. The molecule has 15 heavy (non-hydrogen) atoms. The number of nitrogens with one attached hydrogen (secondary N) is 2. The highest BCUT2D eigenvalue weighted by Gasteiger charge is 2.22. The molecule has 0 aromatic carbocycles. The van der Waals surface area contributed by atoms with E-state index >= 15 is 0 Å². The van der Waals surface area contributed by atoms with Crippen LogP contribution < -0.4 is 10.6 Å². The lowest BCUT2D eigenvalue weighted by molar-refractivity contribution is -0.122. The molecule has 0 aromatic rings. The van der Waals surface area contributed by atoms with Gasteiger partial charge in [-0.2, -0.15) is 0 Å². The first-order valence-electron chi connectivity index (χ1n) is 5.95. The maximum Gasteiger partial charge on any atom is 0.220 e. The lowest BCUT2D eigenvalue weighted by atomic mass is 10.0. The molecule has 1 unspecified atom stereocenters. The number of nitrogens with zero attached hydrogens (tertiary/aromatic N) is 1. The van der Waals surface area contributed by atoms with Crippen molar-refractivity contribution in [1.29, 1.82) is 0 Å². The normalized spacial score (nSPS) is 30.2. The third-order valence-electron chi connectivity index (χ3n) is 3.46. The first-order valence-corrected chi connectivity index (χ1v) is 5.95. The number of carbonyl (C=O) groups excluding carboxylic acids is 1. The van der Waals surface area contributed by atoms with Crippen molar-refractivity contribution in [3.05, 3.63) is 0 Å². The average molecular weight is 211 g/mol. The first-order chi connectivity index (χ1) is 7.24. The Hall–Kier alpha value is -0.610. The maximum atomic E-state index is 11.0. The van der Waals surface area contributed by atoms with E-state index in [1.807, 2.05) is 0 Å². The van der Waals surface area contributed by atoms with E-state index in [9.17, 15) is 4.79 Å². The number of carbonyl (C=O) groups is 1. The van der Waals surface area contributed by atoms with Crippen molar-refractivity contribution in [2.75, 3.05) is 26.7 Å². The largest absolute Gasteiger partial charge is 0.355 e. The van der Waals surface area contributed by atoms with Crippen LogP contribution in [0.15, 0.2) is 0 Å². The quantitative estimate of drug-likeness (QED) is 0.673. The molecule has 2 aliphatic heterocycles. The Bertz CT molecular complexity index is 214. The van der Waals surface area contributed by atoms with E-state index in [-0.39, 0.29) is 5.91 Å². The predicted molar refractivity (Wildman–Crippen MR) is 59.7 cm³/mol. The van der Waals surface area contributed by atoms with E-state index in [0.29, 0.717) is 18.5 Å². The molecule has 2 rings (SSSR count). The van der Waals surface area contributed by atoms with Gasteiger partial charge in [0.1, 0.15) is 0 Å². The molecule has 0 aromatic heterocycles. The van der Waals surface area contributed by atoms with E-state index in [1.54, 1.807) is 0 Å². The van der Waals surface area contributed by atoms with Gasteiger partial charge < -0.3 is 15.5 Å². The monoisotopic (exact) mass is 211 g/mol. The average Bonchev–Trinajstić information content (AvgIpc) is 2.25. The van der Waals surface area contributed by atoms with E-state index in [0.717, 1.165) is 13.0 Å². The zero-order chi connectivity index (χ0) is 10.7. The van der Waals surface area contributed by atoms with Gasteiger partial charge in [0.2, 0.25) is 5.91 Å². The molecule has 0 spiro atoms. The smallest absolute Gasteiger partial charge is 0.220 e. The Kier molecular flexibility index (Phi) is 3.59. The first kappa shape index (κ1) is 10.9. The Labute approximate surface area is 91.4 Å². The lowest BCUT2D eigenvalue weighted by Gasteiger charge is -2.33. The fraction of sp³-hybridized carbons (Fsp3) is 0.909. The van der Waals surface area contributed by atoms with Gasteiger partial charge in [0, 0.05) is 25.0 Å². The fourth-order valence-electron chi connectivity index (χ4n) is 2.38. The van der Waals surface area contributed by atoms with Crippen molar-refractivity contribution >= 4 is 5.91 Å². The molecular weight excluding hydrogens is 190 g/mol. The molecule has 1 amide bonds. The van der Waals surface area contributed by atoms with Crippen LogP contribution in [0.3, 0.4) is 0 Å². The van der Waals surface area contributed by atoms with Crippen LogP contribution in [0.5, 0.6) is 0 Å². The van der Waals surface area contributed by atoms with Gasteiger partial charge in [-0.1, -0.05) is 0 Å². The van der Waals surface area contributed by atoms with Gasteiger partial charge in [-0.15, -0.1) is 0 Å². The Balaban J connectivity index is 1.70. The third kappa shape index (κ3) is 3.18. The minimum absolute atomic E-state index is 0.205. The predicted octanol–water partition coefficient (Wildman–Crippen LogP) is -0.0512. The summed E-state index contributed by atoms with van der Waals surface area (Å²) in [5, 5.41) is 6.58. The summed E-state index contributed by atoms with van der Waals surface area (Å²) in [6.07, 6.45) is 4.16. The van der Waals surface area contributed by atoms with Gasteiger partial charge in [-0.05, 0) is 39.4 Å². The molecule has 2 N–H and O–H groups in total. The van der Waals surface area contributed by atoms with E-state index < -0.39 is 0 Å². The standard InChI is InChI=1S/C11H21N3O/c1-14-6-4-9(5-7-14)13-10-2-3-11(15)12-8-10/h9-10,13H,2-8H2,1H3,(H,12,15). The van der Waals surface area contributed by atoms with Crippen LogP contribution in [0.4, 0.5) is 0 Å². The lowest BCUT2D eigenvalue weighted by Crippen LogP contribution is -2.51. The van der Waals surface area contributed by atoms with Crippen LogP contribution in [-0.4, -0.2) is 49.6 Å². The molecule has 0 bridgehead atoms. The van der Waals surface area contributed by atoms with Crippen LogP contribution in [-0.2, 0) is 4.79 Å². The van der Waals surface area contributed by atoms with Gasteiger partial charge in [0.05, 0.1) is 0 Å². The summed E-state index contributed by atoms with van der Waals surface area (Å²) in [6, 6.07) is 1.15. The Morgan fingerprint density at radius 3 is 2.60 bits per heavy atom. The minimum Gasteiger partial charge on any atom is -0.355 e. The van der Waals surface area contributed by atoms with Crippen molar-refractivity contribution in [2.24, 2.45) is 0 Å². The highest BCUT2D eigenvalue weighted by Crippen LogP contribution is 2.11. The van der Waals surface area contributed by atoms with E-state index in [4.69, 9.17) is 0 Å². The zero-order valence-electron chi connectivity index (χ0n) is 9.46. The number of hydrogen-bond donors (Lipinski definition) is 2. The summed E-state index contributed by atoms with van der Waals surface area (Å²) < 4.78 is 0. The SMILES string of the molecule is CN1CCC(NC2CCC(=O)NC2)CC1. The number of piperidine rings is 2. The molecule has 2 heterocycles. The second-order valence-electron chi connectivity index (χ2n) is 4.78. The molecule has 86 valence electrons. The second-order valence-corrected chi connectivity index (χ2v) is 4.78. The van der Waals surface area contributed by atoms with Crippen molar-refractivity contribution in [3.8, 4) is 0 Å². The Morgan fingerprint density at radius 2 is 2.00 bits per heavy atom. The maximum absolute atomic E-state index is 11.0.